The Kier molecular flexibility index (Phi) is 4.99. The van der Waals surface area contributed by atoms with E-state index in [1.165, 1.54) is 6.42 Å². The molecule has 6 heteroatoms. The van der Waals surface area contributed by atoms with Gasteiger partial charge in [-0.25, -0.2) is 8.42 Å². The number of benzene rings is 1. The fraction of sp³-hybridized carbons (Fsp3) is 0.500. The average molecular weight is 312 g/mol. The highest BCUT2D eigenvalue weighted by Gasteiger charge is 2.22. The standard InChI is InChI=1S/C14H20N2O2S2/c15-14(19)12-8-4-5-9-13(12)16-20(17,18)10-11-6-2-1-3-7-11/h4-5,8-9,11,16H,1-3,6-7,10H2,(H2,15,19). The predicted molar refractivity (Wildman–Crippen MR) is 86.3 cm³/mol. The minimum Gasteiger partial charge on any atom is -0.389 e. The molecule has 110 valence electrons. The summed E-state index contributed by atoms with van der Waals surface area (Å²) in [5.74, 6) is 0.441. The first kappa shape index (κ1) is 15.3. The Morgan fingerprint density at radius 2 is 1.90 bits per heavy atom. The molecule has 0 aromatic heterocycles. The van der Waals surface area contributed by atoms with Crippen LogP contribution in [0.4, 0.5) is 5.69 Å². The van der Waals surface area contributed by atoms with Crippen LogP contribution in [0.1, 0.15) is 37.7 Å². The molecule has 0 bridgehead atoms. The molecular weight excluding hydrogens is 292 g/mol. The molecule has 0 spiro atoms. The molecule has 3 N–H and O–H groups in total. The molecule has 1 saturated carbocycles. The number of nitrogens with two attached hydrogens (primary N) is 1. The van der Waals surface area contributed by atoms with Gasteiger partial charge in [0, 0.05) is 5.56 Å². The quantitative estimate of drug-likeness (QED) is 0.820. The summed E-state index contributed by atoms with van der Waals surface area (Å²) in [6.45, 7) is 0. The van der Waals surface area contributed by atoms with E-state index in [0.717, 1.165) is 25.7 Å². The Labute approximate surface area is 125 Å². The van der Waals surface area contributed by atoms with E-state index in [1.807, 2.05) is 0 Å². The van der Waals surface area contributed by atoms with Crippen LogP contribution < -0.4 is 10.5 Å². The number of hydrogen-bond acceptors (Lipinski definition) is 3. The Morgan fingerprint density at radius 3 is 2.55 bits per heavy atom. The monoisotopic (exact) mass is 312 g/mol. The maximum atomic E-state index is 12.2. The molecule has 0 radical (unpaired) electrons. The second kappa shape index (κ2) is 6.54. The third kappa shape index (κ3) is 4.18. The van der Waals surface area contributed by atoms with Gasteiger partial charge in [-0.15, -0.1) is 0 Å². The molecule has 0 aliphatic heterocycles. The van der Waals surface area contributed by atoms with E-state index in [0.29, 0.717) is 11.3 Å². The van der Waals surface area contributed by atoms with Crippen LogP contribution in [0.5, 0.6) is 0 Å². The largest absolute Gasteiger partial charge is 0.389 e. The first-order valence-electron chi connectivity index (χ1n) is 6.87. The average Bonchev–Trinajstić information content (AvgIpc) is 2.39. The van der Waals surface area contributed by atoms with Gasteiger partial charge in [-0.05, 0) is 30.9 Å². The van der Waals surface area contributed by atoms with E-state index in [9.17, 15) is 8.42 Å². The van der Waals surface area contributed by atoms with Gasteiger partial charge in [0.2, 0.25) is 10.0 Å². The molecule has 1 aliphatic rings. The summed E-state index contributed by atoms with van der Waals surface area (Å²) >= 11 is 4.94. The first-order chi connectivity index (χ1) is 9.48. The fourth-order valence-electron chi connectivity index (χ4n) is 2.66. The zero-order valence-electron chi connectivity index (χ0n) is 11.3. The number of nitrogens with one attached hydrogen (secondary N) is 1. The maximum absolute atomic E-state index is 12.2. The summed E-state index contributed by atoms with van der Waals surface area (Å²) in [6.07, 6.45) is 5.47. The van der Waals surface area contributed by atoms with Crippen LogP contribution in [-0.2, 0) is 10.0 Å². The summed E-state index contributed by atoms with van der Waals surface area (Å²) in [6, 6.07) is 6.96. The Balaban J connectivity index is 2.10. The van der Waals surface area contributed by atoms with Crippen molar-refractivity contribution in [3.8, 4) is 0 Å². The highest BCUT2D eigenvalue weighted by atomic mass is 32.2. The molecule has 0 saturated heterocycles. The van der Waals surface area contributed by atoms with E-state index < -0.39 is 10.0 Å². The van der Waals surface area contributed by atoms with Crippen molar-refractivity contribution in [2.75, 3.05) is 10.5 Å². The van der Waals surface area contributed by atoms with E-state index >= 15 is 0 Å². The summed E-state index contributed by atoms with van der Waals surface area (Å²) < 4.78 is 27.1. The van der Waals surface area contributed by atoms with Gasteiger partial charge in [-0.3, -0.25) is 4.72 Å². The van der Waals surface area contributed by atoms with Gasteiger partial charge in [0.1, 0.15) is 4.99 Å². The molecule has 1 aromatic carbocycles. The SMILES string of the molecule is NC(=S)c1ccccc1NS(=O)(=O)CC1CCCCC1. The van der Waals surface area contributed by atoms with Crippen molar-refractivity contribution >= 4 is 32.9 Å². The lowest BCUT2D eigenvalue weighted by atomic mass is 9.91. The molecule has 0 atom stereocenters. The lowest BCUT2D eigenvalue weighted by molar-refractivity contribution is 0.385. The molecule has 20 heavy (non-hydrogen) atoms. The predicted octanol–water partition coefficient (Wildman–Crippen LogP) is 2.64. The number of sulfonamides is 1. The van der Waals surface area contributed by atoms with Gasteiger partial charge in [0.25, 0.3) is 0 Å². The second-order valence-corrected chi connectivity index (χ2v) is 7.50. The lowest BCUT2D eigenvalue weighted by Gasteiger charge is -2.22. The van der Waals surface area contributed by atoms with Crippen molar-refractivity contribution in [1.29, 1.82) is 0 Å². The summed E-state index contributed by atoms with van der Waals surface area (Å²) in [7, 11) is -3.36. The number of anilines is 1. The van der Waals surface area contributed by atoms with Crippen LogP contribution in [-0.4, -0.2) is 19.2 Å². The topological polar surface area (TPSA) is 72.2 Å². The highest BCUT2D eigenvalue weighted by molar-refractivity contribution is 7.92. The molecule has 4 nitrogen and oxygen atoms in total. The molecule has 1 aliphatic carbocycles. The zero-order valence-corrected chi connectivity index (χ0v) is 13.0. The maximum Gasteiger partial charge on any atom is 0.233 e. The van der Waals surface area contributed by atoms with E-state index in [1.54, 1.807) is 24.3 Å². The Bertz CT molecular complexity index is 579. The molecule has 0 heterocycles. The van der Waals surface area contributed by atoms with Crippen LogP contribution in [0.3, 0.4) is 0 Å². The van der Waals surface area contributed by atoms with E-state index in [4.69, 9.17) is 18.0 Å². The van der Waals surface area contributed by atoms with Crippen LogP contribution in [0.15, 0.2) is 24.3 Å². The minimum absolute atomic E-state index is 0.179. The van der Waals surface area contributed by atoms with Gasteiger partial charge >= 0.3 is 0 Å². The molecule has 0 unspecified atom stereocenters. The molecule has 0 amide bonds. The van der Waals surface area contributed by atoms with Gasteiger partial charge in [0.15, 0.2) is 0 Å². The Hall–Kier alpha value is -1.14. The van der Waals surface area contributed by atoms with Crippen LogP contribution in [0.25, 0.3) is 0 Å². The smallest absolute Gasteiger partial charge is 0.233 e. The van der Waals surface area contributed by atoms with Gasteiger partial charge in [-0.1, -0.05) is 43.6 Å². The Morgan fingerprint density at radius 1 is 1.25 bits per heavy atom. The number of para-hydroxylation sites is 1. The van der Waals surface area contributed by atoms with E-state index in [2.05, 4.69) is 4.72 Å². The normalized spacial score (nSPS) is 16.8. The van der Waals surface area contributed by atoms with Crippen molar-refractivity contribution in [3.63, 3.8) is 0 Å². The van der Waals surface area contributed by atoms with Gasteiger partial charge in [0.05, 0.1) is 11.4 Å². The first-order valence-corrected chi connectivity index (χ1v) is 8.93. The third-order valence-electron chi connectivity index (χ3n) is 3.64. The van der Waals surface area contributed by atoms with Crippen molar-refractivity contribution in [2.24, 2.45) is 11.7 Å². The summed E-state index contributed by atoms with van der Waals surface area (Å²) in [4.78, 5) is 0.195. The number of rotatable bonds is 5. The van der Waals surface area contributed by atoms with Crippen molar-refractivity contribution in [3.05, 3.63) is 29.8 Å². The number of hydrogen-bond donors (Lipinski definition) is 2. The fourth-order valence-corrected chi connectivity index (χ4v) is 4.39. The van der Waals surface area contributed by atoms with Crippen molar-refractivity contribution < 1.29 is 8.42 Å². The molecule has 2 rings (SSSR count). The number of thiocarbonyl (C=S) groups is 1. The van der Waals surface area contributed by atoms with Crippen LogP contribution >= 0.6 is 12.2 Å². The lowest BCUT2D eigenvalue weighted by Crippen LogP contribution is -2.25. The highest BCUT2D eigenvalue weighted by Crippen LogP contribution is 2.26. The minimum atomic E-state index is -3.36. The van der Waals surface area contributed by atoms with Crippen molar-refractivity contribution in [1.82, 2.24) is 0 Å². The molecule has 1 fully saturated rings. The van der Waals surface area contributed by atoms with Crippen LogP contribution in [0, 0.1) is 5.92 Å². The third-order valence-corrected chi connectivity index (χ3v) is 5.30. The zero-order chi connectivity index (χ0) is 14.6. The van der Waals surface area contributed by atoms with Crippen molar-refractivity contribution in [2.45, 2.75) is 32.1 Å². The summed E-state index contributed by atoms with van der Waals surface area (Å²) in [5, 5.41) is 0. The molecular formula is C14H20N2O2S2. The summed E-state index contributed by atoms with van der Waals surface area (Å²) in [5.41, 5.74) is 6.65. The second-order valence-electron chi connectivity index (χ2n) is 5.30. The molecule has 1 aromatic rings. The van der Waals surface area contributed by atoms with Gasteiger partial charge in [-0.2, -0.15) is 0 Å². The van der Waals surface area contributed by atoms with Crippen LogP contribution in [0.2, 0.25) is 0 Å². The van der Waals surface area contributed by atoms with E-state index in [-0.39, 0.29) is 16.7 Å². The van der Waals surface area contributed by atoms with Gasteiger partial charge < -0.3 is 5.73 Å².